The fraction of sp³-hybridized carbons (Fsp3) is 0.375. The SMILES string of the molecule is Cc1cc(OC(C)C)nc(N(C)c2ccc(CN)cc2)n1. The molecule has 2 rings (SSSR count). The summed E-state index contributed by atoms with van der Waals surface area (Å²) < 4.78 is 5.66. The average Bonchev–Trinajstić information content (AvgIpc) is 2.45. The second kappa shape index (κ2) is 6.54. The van der Waals surface area contributed by atoms with Crippen LogP contribution in [0, 0.1) is 6.92 Å². The van der Waals surface area contributed by atoms with Gasteiger partial charge in [-0.1, -0.05) is 12.1 Å². The van der Waals surface area contributed by atoms with Crippen LogP contribution in [0.5, 0.6) is 5.88 Å². The Kier molecular flexibility index (Phi) is 4.75. The number of hydrogen-bond donors (Lipinski definition) is 1. The van der Waals surface area contributed by atoms with Gasteiger partial charge in [-0.25, -0.2) is 4.98 Å². The third-order valence-corrected chi connectivity index (χ3v) is 3.03. The average molecular weight is 286 g/mol. The highest BCUT2D eigenvalue weighted by Gasteiger charge is 2.11. The molecule has 1 aromatic carbocycles. The first-order valence-corrected chi connectivity index (χ1v) is 7.04. The van der Waals surface area contributed by atoms with Crippen molar-refractivity contribution in [3.63, 3.8) is 0 Å². The van der Waals surface area contributed by atoms with Gasteiger partial charge in [0.15, 0.2) is 0 Å². The fourth-order valence-corrected chi connectivity index (χ4v) is 1.95. The largest absolute Gasteiger partial charge is 0.475 e. The minimum Gasteiger partial charge on any atom is -0.475 e. The molecule has 2 N–H and O–H groups in total. The second-order valence-electron chi connectivity index (χ2n) is 5.24. The number of benzene rings is 1. The van der Waals surface area contributed by atoms with Crippen molar-refractivity contribution in [3.8, 4) is 5.88 Å². The number of hydrogen-bond acceptors (Lipinski definition) is 5. The van der Waals surface area contributed by atoms with Crippen LogP contribution in [-0.2, 0) is 6.54 Å². The number of aromatic nitrogens is 2. The van der Waals surface area contributed by atoms with Crippen LogP contribution in [0.15, 0.2) is 30.3 Å². The fourth-order valence-electron chi connectivity index (χ4n) is 1.95. The number of nitrogens with two attached hydrogens (primary N) is 1. The first-order chi connectivity index (χ1) is 9.99. The van der Waals surface area contributed by atoms with E-state index in [1.807, 2.05) is 63.1 Å². The number of aryl methyl sites for hydroxylation is 1. The highest BCUT2D eigenvalue weighted by Crippen LogP contribution is 2.23. The summed E-state index contributed by atoms with van der Waals surface area (Å²) in [6.45, 7) is 6.43. The molecule has 1 heterocycles. The van der Waals surface area contributed by atoms with Crippen molar-refractivity contribution in [1.82, 2.24) is 9.97 Å². The lowest BCUT2D eigenvalue weighted by Crippen LogP contribution is -2.15. The van der Waals surface area contributed by atoms with Gasteiger partial charge < -0.3 is 15.4 Å². The zero-order chi connectivity index (χ0) is 15.4. The van der Waals surface area contributed by atoms with Crippen LogP contribution in [0.1, 0.15) is 25.1 Å². The molecule has 0 fully saturated rings. The van der Waals surface area contributed by atoms with Gasteiger partial charge in [-0.2, -0.15) is 4.98 Å². The summed E-state index contributed by atoms with van der Waals surface area (Å²) in [6, 6.07) is 9.88. The van der Waals surface area contributed by atoms with E-state index in [-0.39, 0.29) is 6.10 Å². The molecule has 2 aromatic rings. The molecule has 1 aromatic heterocycles. The standard InChI is InChI=1S/C16H22N4O/c1-11(2)21-15-9-12(3)18-16(19-15)20(4)14-7-5-13(10-17)6-8-14/h5-9,11H,10,17H2,1-4H3. The molecule has 0 aliphatic heterocycles. The van der Waals surface area contributed by atoms with E-state index in [2.05, 4.69) is 9.97 Å². The molecule has 5 heteroatoms. The maximum absolute atomic E-state index is 5.66. The zero-order valence-electron chi connectivity index (χ0n) is 13.0. The van der Waals surface area contributed by atoms with Gasteiger partial charge in [0.2, 0.25) is 11.8 Å². The lowest BCUT2D eigenvalue weighted by molar-refractivity contribution is 0.232. The third-order valence-electron chi connectivity index (χ3n) is 3.03. The summed E-state index contributed by atoms with van der Waals surface area (Å²) >= 11 is 0. The molecule has 0 radical (unpaired) electrons. The van der Waals surface area contributed by atoms with E-state index >= 15 is 0 Å². The quantitative estimate of drug-likeness (QED) is 0.915. The zero-order valence-corrected chi connectivity index (χ0v) is 13.0. The molecule has 0 spiro atoms. The van der Waals surface area contributed by atoms with Crippen LogP contribution in [0.3, 0.4) is 0 Å². The van der Waals surface area contributed by atoms with Gasteiger partial charge in [0.05, 0.1) is 6.10 Å². The minimum atomic E-state index is 0.0845. The Morgan fingerprint density at radius 3 is 2.43 bits per heavy atom. The van der Waals surface area contributed by atoms with Crippen molar-refractivity contribution >= 4 is 11.6 Å². The van der Waals surface area contributed by atoms with Crippen LogP contribution in [0.25, 0.3) is 0 Å². The smallest absolute Gasteiger partial charge is 0.233 e. The molecular formula is C16H22N4O. The predicted octanol–water partition coefficient (Wildman–Crippen LogP) is 2.80. The Morgan fingerprint density at radius 2 is 1.86 bits per heavy atom. The molecule has 112 valence electrons. The van der Waals surface area contributed by atoms with Crippen molar-refractivity contribution in [2.45, 2.75) is 33.4 Å². The van der Waals surface area contributed by atoms with Crippen LogP contribution >= 0.6 is 0 Å². The van der Waals surface area contributed by atoms with E-state index in [9.17, 15) is 0 Å². The topological polar surface area (TPSA) is 64.3 Å². The first-order valence-electron chi connectivity index (χ1n) is 7.04. The Balaban J connectivity index is 2.28. The molecule has 5 nitrogen and oxygen atoms in total. The van der Waals surface area contributed by atoms with E-state index < -0.39 is 0 Å². The van der Waals surface area contributed by atoms with Gasteiger partial charge in [0, 0.05) is 31.0 Å². The van der Waals surface area contributed by atoms with E-state index in [4.69, 9.17) is 10.5 Å². The van der Waals surface area contributed by atoms with Gasteiger partial charge in [-0.05, 0) is 38.5 Å². The van der Waals surface area contributed by atoms with E-state index in [1.54, 1.807) is 0 Å². The van der Waals surface area contributed by atoms with Crippen molar-refractivity contribution in [3.05, 3.63) is 41.6 Å². The number of nitrogens with zero attached hydrogens (tertiary/aromatic N) is 3. The summed E-state index contributed by atoms with van der Waals surface area (Å²) in [7, 11) is 1.94. The second-order valence-corrected chi connectivity index (χ2v) is 5.24. The minimum absolute atomic E-state index is 0.0845. The van der Waals surface area contributed by atoms with E-state index in [1.165, 1.54) is 0 Å². The van der Waals surface area contributed by atoms with E-state index in [0.717, 1.165) is 16.9 Å². The lowest BCUT2D eigenvalue weighted by Gasteiger charge is -2.19. The molecular weight excluding hydrogens is 264 g/mol. The molecule has 0 bridgehead atoms. The summed E-state index contributed by atoms with van der Waals surface area (Å²) in [4.78, 5) is 10.9. The van der Waals surface area contributed by atoms with Crippen LogP contribution in [0.2, 0.25) is 0 Å². The highest BCUT2D eigenvalue weighted by atomic mass is 16.5. The van der Waals surface area contributed by atoms with Crippen LogP contribution in [0.4, 0.5) is 11.6 Å². The maximum Gasteiger partial charge on any atom is 0.233 e. The molecule has 0 atom stereocenters. The number of ether oxygens (including phenoxy) is 1. The summed E-state index contributed by atoms with van der Waals surface area (Å²) in [5.74, 6) is 1.21. The van der Waals surface area contributed by atoms with E-state index in [0.29, 0.717) is 18.4 Å². The summed E-state index contributed by atoms with van der Waals surface area (Å²) in [5.41, 5.74) is 8.60. The molecule has 0 amide bonds. The first kappa shape index (κ1) is 15.3. The van der Waals surface area contributed by atoms with Crippen molar-refractivity contribution in [2.24, 2.45) is 5.73 Å². The molecule has 0 saturated carbocycles. The highest BCUT2D eigenvalue weighted by molar-refractivity contribution is 5.57. The Hall–Kier alpha value is -2.14. The lowest BCUT2D eigenvalue weighted by atomic mass is 10.2. The van der Waals surface area contributed by atoms with Gasteiger partial charge in [0.25, 0.3) is 0 Å². The third kappa shape index (κ3) is 3.92. The van der Waals surface area contributed by atoms with Crippen molar-refractivity contribution < 1.29 is 4.74 Å². The van der Waals surface area contributed by atoms with Crippen LogP contribution in [-0.4, -0.2) is 23.1 Å². The molecule has 21 heavy (non-hydrogen) atoms. The van der Waals surface area contributed by atoms with Gasteiger partial charge in [-0.3, -0.25) is 0 Å². The van der Waals surface area contributed by atoms with Gasteiger partial charge in [-0.15, -0.1) is 0 Å². The number of rotatable bonds is 5. The molecule has 0 saturated heterocycles. The van der Waals surface area contributed by atoms with Gasteiger partial charge in [0.1, 0.15) is 0 Å². The molecule has 0 aliphatic carbocycles. The number of anilines is 2. The van der Waals surface area contributed by atoms with Crippen LogP contribution < -0.4 is 15.4 Å². The Bertz CT molecular complexity index is 596. The van der Waals surface area contributed by atoms with Gasteiger partial charge >= 0.3 is 0 Å². The molecule has 0 aliphatic rings. The Labute approximate surface area is 125 Å². The summed E-state index contributed by atoms with van der Waals surface area (Å²) in [6.07, 6.45) is 0.0845. The predicted molar refractivity (Wildman–Crippen MR) is 84.9 cm³/mol. The normalized spacial score (nSPS) is 10.8. The van der Waals surface area contributed by atoms with Crippen molar-refractivity contribution in [2.75, 3.05) is 11.9 Å². The van der Waals surface area contributed by atoms with Crippen molar-refractivity contribution in [1.29, 1.82) is 0 Å². The Morgan fingerprint density at radius 1 is 1.19 bits per heavy atom. The molecule has 0 unspecified atom stereocenters. The summed E-state index contributed by atoms with van der Waals surface area (Å²) in [5, 5.41) is 0. The monoisotopic (exact) mass is 286 g/mol. The maximum atomic E-state index is 5.66.